The van der Waals surface area contributed by atoms with Gasteiger partial charge in [0.05, 0.1) is 5.56 Å². The Balaban J connectivity index is 2.62. The molecule has 2 aromatic rings. The molecule has 0 radical (unpaired) electrons. The monoisotopic (exact) mass is 251 g/mol. The molecular formula is C14H12F3N. The van der Waals surface area contributed by atoms with Gasteiger partial charge in [-0.1, -0.05) is 18.2 Å². The molecule has 0 atom stereocenters. The maximum absolute atomic E-state index is 13.7. The molecule has 0 unspecified atom stereocenters. The van der Waals surface area contributed by atoms with Gasteiger partial charge in [0.25, 0.3) is 0 Å². The lowest BCUT2D eigenvalue weighted by Crippen LogP contribution is -1.99. The first-order chi connectivity index (χ1) is 8.52. The van der Waals surface area contributed by atoms with Gasteiger partial charge < -0.3 is 5.73 Å². The summed E-state index contributed by atoms with van der Waals surface area (Å²) in [5, 5.41) is 0. The molecule has 0 aliphatic rings. The summed E-state index contributed by atoms with van der Waals surface area (Å²) in [6.07, 6.45) is 0. The van der Waals surface area contributed by atoms with Crippen LogP contribution in [0.2, 0.25) is 0 Å². The molecule has 0 amide bonds. The quantitative estimate of drug-likeness (QED) is 0.868. The minimum atomic E-state index is -0.926. The van der Waals surface area contributed by atoms with Gasteiger partial charge in [0.2, 0.25) is 0 Å². The zero-order chi connectivity index (χ0) is 13.3. The fourth-order valence-electron chi connectivity index (χ4n) is 1.93. The second-order valence-electron chi connectivity index (χ2n) is 4.10. The lowest BCUT2D eigenvalue weighted by Gasteiger charge is -2.10. The van der Waals surface area contributed by atoms with E-state index in [0.717, 1.165) is 5.56 Å². The van der Waals surface area contributed by atoms with Crippen molar-refractivity contribution in [3.05, 3.63) is 58.9 Å². The molecule has 0 saturated carbocycles. The van der Waals surface area contributed by atoms with Crippen LogP contribution in [0.15, 0.2) is 30.3 Å². The van der Waals surface area contributed by atoms with Gasteiger partial charge >= 0.3 is 0 Å². The second-order valence-corrected chi connectivity index (χ2v) is 4.10. The van der Waals surface area contributed by atoms with Gasteiger partial charge in [0.1, 0.15) is 17.5 Å². The lowest BCUT2D eigenvalue weighted by molar-refractivity contribution is 0.548. The molecule has 0 aliphatic carbocycles. The van der Waals surface area contributed by atoms with E-state index in [0.29, 0.717) is 29.8 Å². The van der Waals surface area contributed by atoms with E-state index in [1.165, 1.54) is 0 Å². The van der Waals surface area contributed by atoms with Crippen LogP contribution in [0, 0.1) is 24.4 Å². The first-order valence-corrected chi connectivity index (χ1v) is 5.47. The lowest BCUT2D eigenvalue weighted by atomic mass is 9.97. The topological polar surface area (TPSA) is 26.0 Å². The Hall–Kier alpha value is -1.81. The van der Waals surface area contributed by atoms with Gasteiger partial charge in [-0.3, -0.25) is 0 Å². The van der Waals surface area contributed by atoms with Crippen molar-refractivity contribution in [2.24, 2.45) is 5.73 Å². The Morgan fingerprint density at radius 2 is 1.61 bits per heavy atom. The van der Waals surface area contributed by atoms with Crippen LogP contribution in [-0.4, -0.2) is 0 Å². The van der Waals surface area contributed by atoms with Crippen molar-refractivity contribution >= 4 is 0 Å². The van der Waals surface area contributed by atoms with Crippen LogP contribution in [0.25, 0.3) is 11.1 Å². The third-order valence-corrected chi connectivity index (χ3v) is 2.80. The average Bonchev–Trinajstić information content (AvgIpc) is 2.29. The SMILES string of the molecule is Cc1cc(CN)ccc1-c1c(F)cc(F)cc1F. The molecule has 0 spiro atoms. The van der Waals surface area contributed by atoms with Crippen LogP contribution in [0.1, 0.15) is 11.1 Å². The molecule has 4 heteroatoms. The van der Waals surface area contributed by atoms with Crippen LogP contribution >= 0.6 is 0 Å². The minimum absolute atomic E-state index is 0.211. The number of benzene rings is 2. The molecule has 1 nitrogen and oxygen atoms in total. The number of nitrogens with two attached hydrogens (primary N) is 1. The van der Waals surface area contributed by atoms with Gasteiger partial charge in [-0.2, -0.15) is 0 Å². The molecule has 0 aliphatic heterocycles. The zero-order valence-corrected chi connectivity index (χ0v) is 9.81. The van der Waals surface area contributed by atoms with E-state index in [2.05, 4.69) is 0 Å². The highest BCUT2D eigenvalue weighted by molar-refractivity contribution is 5.68. The molecule has 94 valence electrons. The molecule has 0 fully saturated rings. The highest BCUT2D eigenvalue weighted by Gasteiger charge is 2.15. The molecule has 2 rings (SSSR count). The van der Waals surface area contributed by atoms with Crippen molar-refractivity contribution in [3.8, 4) is 11.1 Å². The molecule has 2 N–H and O–H groups in total. The van der Waals surface area contributed by atoms with Crippen LogP contribution in [0.5, 0.6) is 0 Å². The van der Waals surface area contributed by atoms with Crippen molar-refractivity contribution < 1.29 is 13.2 Å². The van der Waals surface area contributed by atoms with Crippen molar-refractivity contribution in [1.82, 2.24) is 0 Å². The average molecular weight is 251 g/mol. The molecule has 2 aromatic carbocycles. The van der Waals surface area contributed by atoms with Gasteiger partial charge in [-0.15, -0.1) is 0 Å². The fourth-order valence-corrected chi connectivity index (χ4v) is 1.93. The van der Waals surface area contributed by atoms with Crippen molar-refractivity contribution in [3.63, 3.8) is 0 Å². The Bertz CT molecular complexity index is 571. The van der Waals surface area contributed by atoms with Crippen LogP contribution in [-0.2, 0) is 6.54 Å². The fraction of sp³-hybridized carbons (Fsp3) is 0.143. The third kappa shape index (κ3) is 2.24. The summed E-state index contributed by atoms with van der Waals surface area (Å²) >= 11 is 0. The van der Waals surface area contributed by atoms with E-state index in [-0.39, 0.29) is 5.56 Å². The highest BCUT2D eigenvalue weighted by atomic mass is 19.1. The molecule has 0 saturated heterocycles. The van der Waals surface area contributed by atoms with Gasteiger partial charge in [-0.25, -0.2) is 13.2 Å². The summed E-state index contributed by atoms with van der Waals surface area (Å²) in [5.74, 6) is -2.74. The van der Waals surface area contributed by atoms with Crippen LogP contribution in [0.4, 0.5) is 13.2 Å². The van der Waals surface area contributed by atoms with Gasteiger partial charge in [0.15, 0.2) is 0 Å². The Morgan fingerprint density at radius 3 is 2.11 bits per heavy atom. The molecule has 0 bridgehead atoms. The molecule has 0 aromatic heterocycles. The van der Waals surface area contributed by atoms with E-state index in [4.69, 9.17) is 5.73 Å². The van der Waals surface area contributed by atoms with Crippen LogP contribution in [0.3, 0.4) is 0 Å². The van der Waals surface area contributed by atoms with Crippen molar-refractivity contribution in [1.29, 1.82) is 0 Å². The largest absolute Gasteiger partial charge is 0.326 e. The number of halogens is 3. The zero-order valence-electron chi connectivity index (χ0n) is 9.81. The summed E-state index contributed by atoms with van der Waals surface area (Å²) in [6, 6.07) is 6.41. The molecule has 18 heavy (non-hydrogen) atoms. The normalized spacial score (nSPS) is 10.7. The first-order valence-electron chi connectivity index (χ1n) is 5.47. The summed E-state index contributed by atoms with van der Waals surface area (Å²) in [5.41, 5.74) is 7.25. The Labute approximate surface area is 103 Å². The molecular weight excluding hydrogens is 239 g/mol. The number of hydrogen-bond donors (Lipinski definition) is 1. The third-order valence-electron chi connectivity index (χ3n) is 2.80. The van der Waals surface area contributed by atoms with E-state index in [9.17, 15) is 13.2 Å². The maximum atomic E-state index is 13.7. The number of rotatable bonds is 2. The first kappa shape index (κ1) is 12.6. The Morgan fingerprint density at radius 1 is 1.00 bits per heavy atom. The summed E-state index contributed by atoms with van der Waals surface area (Å²) in [6.45, 7) is 2.09. The van der Waals surface area contributed by atoms with E-state index in [1.807, 2.05) is 0 Å². The summed E-state index contributed by atoms with van der Waals surface area (Å²) in [4.78, 5) is 0. The number of hydrogen-bond acceptors (Lipinski definition) is 1. The minimum Gasteiger partial charge on any atom is -0.326 e. The summed E-state index contributed by atoms with van der Waals surface area (Å²) in [7, 11) is 0. The standard InChI is InChI=1S/C14H12F3N/c1-8-4-9(7-18)2-3-11(8)14-12(16)5-10(15)6-13(14)17/h2-6H,7,18H2,1H3. The van der Waals surface area contributed by atoms with E-state index < -0.39 is 17.5 Å². The van der Waals surface area contributed by atoms with Crippen molar-refractivity contribution in [2.45, 2.75) is 13.5 Å². The summed E-state index contributed by atoms with van der Waals surface area (Å²) < 4.78 is 40.2. The second kappa shape index (κ2) is 4.82. The van der Waals surface area contributed by atoms with E-state index in [1.54, 1.807) is 25.1 Å². The highest BCUT2D eigenvalue weighted by Crippen LogP contribution is 2.30. The van der Waals surface area contributed by atoms with Crippen LogP contribution < -0.4 is 5.73 Å². The van der Waals surface area contributed by atoms with Gasteiger partial charge in [0, 0.05) is 18.7 Å². The number of aryl methyl sites for hydroxylation is 1. The predicted octanol–water partition coefficient (Wildman–Crippen LogP) is 3.54. The Kier molecular flexibility index (Phi) is 3.39. The molecule has 0 heterocycles. The maximum Gasteiger partial charge on any atom is 0.136 e. The van der Waals surface area contributed by atoms with Crippen molar-refractivity contribution in [2.75, 3.05) is 0 Å². The predicted molar refractivity (Wildman–Crippen MR) is 64.4 cm³/mol. The van der Waals surface area contributed by atoms with Gasteiger partial charge in [-0.05, 0) is 23.6 Å². The van der Waals surface area contributed by atoms with E-state index >= 15 is 0 Å². The smallest absolute Gasteiger partial charge is 0.136 e.